The number of rotatable bonds is 9. The molecule has 0 unspecified atom stereocenters. The molecule has 4 rings (SSSR count). The van der Waals surface area contributed by atoms with E-state index in [1.165, 1.54) is 0 Å². The Morgan fingerprint density at radius 2 is 1.89 bits per heavy atom. The van der Waals surface area contributed by atoms with Crippen molar-refractivity contribution >= 4 is 45.2 Å². The van der Waals surface area contributed by atoms with E-state index >= 15 is 0 Å². The number of aromatic nitrogens is 2. The number of piperazine rings is 1. The maximum Gasteiger partial charge on any atom is 0.253 e. The van der Waals surface area contributed by atoms with E-state index in [1.807, 2.05) is 29.2 Å². The molecule has 3 N–H and O–H groups in total. The number of likely N-dealkylation sites (N-methyl/N-ethyl adjacent to an activating group) is 1. The molecular weight excluding hydrogens is 526 g/mol. The Morgan fingerprint density at radius 1 is 1.14 bits per heavy atom. The Hall–Kier alpha value is -2.76. The van der Waals surface area contributed by atoms with Crippen molar-refractivity contribution in [3.63, 3.8) is 0 Å². The maximum atomic E-state index is 12.8. The second-order valence-corrected chi connectivity index (χ2v) is 10.1. The molecule has 11 heteroatoms. The highest BCUT2D eigenvalue weighted by atomic mass is 79.9. The molecule has 1 aliphatic heterocycles. The molecule has 10 nitrogen and oxygen atoms in total. The van der Waals surface area contributed by atoms with Gasteiger partial charge in [0.1, 0.15) is 5.82 Å². The molecule has 0 bridgehead atoms. The third kappa shape index (κ3) is 6.71. The second kappa shape index (κ2) is 12.5. The highest BCUT2D eigenvalue weighted by Gasteiger charge is 2.33. The second-order valence-electron chi connectivity index (χ2n) is 9.26. The van der Waals surface area contributed by atoms with Crippen molar-refractivity contribution in [1.82, 2.24) is 25.1 Å². The molecular formula is C25H34BrN7O3. The van der Waals surface area contributed by atoms with E-state index in [0.29, 0.717) is 30.5 Å². The Kier molecular flexibility index (Phi) is 9.11. The summed E-state index contributed by atoms with van der Waals surface area (Å²) < 4.78 is 5.75. The summed E-state index contributed by atoms with van der Waals surface area (Å²) in [4.78, 5) is 38.5. The fourth-order valence-electron chi connectivity index (χ4n) is 4.58. The number of amides is 2. The summed E-state index contributed by atoms with van der Waals surface area (Å²) in [5.74, 6) is 1.04. The van der Waals surface area contributed by atoms with Gasteiger partial charge >= 0.3 is 0 Å². The molecule has 0 radical (unpaired) electrons. The van der Waals surface area contributed by atoms with E-state index in [0.717, 1.165) is 55.6 Å². The largest absolute Gasteiger partial charge is 0.383 e. The normalized spacial score (nSPS) is 20.2. The lowest BCUT2D eigenvalue weighted by molar-refractivity contribution is -0.125. The van der Waals surface area contributed by atoms with Crippen LogP contribution in [0.3, 0.4) is 0 Å². The monoisotopic (exact) mass is 559 g/mol. The van der Waals surface area contributed by atoms with Crippen molar-refractivity contribution in [3.05, 3.63) is 40.5 Å². The molecule has 0 spiro atoms. The molecule has 2 atom stereocenters. The van der Waals surface area contributed by atoms with Gasteiger partial charge in [0.25, 0.3) is 5.91 Å². The van der Waals surface area contributed by atoms with Crippen LogP contribution in [0, 0.1) is 5.92 Å². The van der Waals surface area contributed by atoms with Crippen LogP contribution in [0.1, 0.15) is 29.6 Å². The summed E-state index contributed by atoms with van der Waals surface area (Å²) in [5, 5.41) is 9.59. The highest BCUT2D eigenvalue weighted by molar-refractivity contribution is 9.10. The zero-order chi connectivity index (χ0) is 25.5. The Labute approximate surface area is 220 Å². The van der Waals surface area contributed by atoms with Crippen molar-refractivity contribution in [2.45, 2.75) is 25.3 Å². The zero-order valence-electron chi connectivity index (χ0n) is 20.8. The van der Waals surface area contributed by atoms with Gasteiger partial charge in [0.2, 0.25) is 11.9 Å². The number of hydrogen-bond donors (Lipinski definition) is 3. The molecule has 1 aromatic heterocycles. The van der Waals surface area contributed by atoms with Gasteiger partial charge in [-0.3, -0.25) is 9.59 Å². The summed E-state index contributed by atoms with van der Waals surface area (Å²) in [6.45, 7) is 4.27. The zero-order valence-corrected chi connectivity index (χ0v) is 22.4. The fourth-order valence-corrected chi connectivity index (χ4v) is 4.88. The van der Waals surface area contributed by atoms with Crippen LogP contribution < -0.4 is 16.0 Å². The van der Waals surface area contributed by atoms with Crippen LogP contribution in [0.2, 0.25) is 0 Å². The average Bonchev–Trinajstić information content (AvgIpc) is 3.35. The van der Waals surface area contributed by atoms with Crippen molar-refractivity contribution in [3.8, 4) is 0 Å². The van der Waals surface area contributed by atoms with Crippen LogP contribution in [-0.4, -0.2) is 91.1 Å². The van der Waals surface area contributed by atoms with E-state index < -0.39 is 0 Å². The van der Waals surface area contributed by atoms with Gasteiger partial charge in [-0.25, -0.2) is 4.98 Å². The number of methoxy groups -OCH3 is 1. The van der Waals surface area contributed by atoms with Gasteiger partial charge in [-0.1, -0.05) is 6.42 Å². The van der Waals surface area contributed by atoms with E-state index in [4.69, 9.17) is 4.74 Å². The van der Waals surface area contributed by atoms with Gasteiger partial charge in [-0.15, -0.1) is 0 Å². The number of nitrogens with one attached hydrogen (secondary N) is 3. The van der Waals surface area contributed by atoms with Crippen molar-refractivity contribution in [2.75, 3.05) is 64.1 Å². The molecule has 36 heavy (non-hydrogen) atoms. The minimum absolute atomic E-state index is 0.00790. The van der Waals surface area contributed by atoms with Gasteiger partial charge in [0.15, 0.2) is 0 Å². The first-order valence-corrected chi connectivity index (χ1v) is 13.1. The molecule has 2 fully saturated rings. The Bertz CT molecular complexity index is 1040. The third-order valence-corrected chi connectivity index (χ3v) is 7.28. The molecule has 1 saturated heterocycles. The SMILES string of the molecule is COCCNC(=O)[C@H]1CCC[C@H]1Nc1nc(Nc2ccc(C(=O)N3CCN(C)CC3)cc2)ncc1Br. The van der Waals surface area contributed by atoms with E-state index in [2.05, 4.69) is 53.8 Å². The lowest BCUT2D eigenvalue weighted by Gasteiger charge is -2.32. The highest BCUT2D eigenvalue weighted by Crippen LogP contribution is 2.31. The predicted octanol–water partition coefficient (Wildman–Crippen LogP) is 2.71. The molecule has 1 aliphatic carbocycles. The van der Waals surface area contributed by atoms with Crippen LogP contribution >= 0.6 is 15.9 Å². The molecule has 2 amide bonds. The molecule has 1 saturated carbocycles. The third-order valence-electron chi connectivity index (χ3n) is 6.70. The van der Waals surface area contributed by atoms with Crippen LogP contribution in [0.5, 0.6) is 0 Å². The van der Waals surface area contributed by atoms with Crippen LogP contribution in [0.25, 0.3) is 0 Å². The van der Waals surface area contributed by atoms with Gasteiger partial charge in [-0.2, -0.15) is 4.98 Å². The fraction of sp³-hybridized carbons (Fsp3) is 0.520. The molecule has 2 aliphatic rings. The smallest absolute Gasteiger partial charge is 0.253 e. The predicted molar refractivity (Wildman–Crippen MR) is 142 cm³/mol. The van der Waals surface area contributed by atoms with Crippen molar-refractivity contribution < 1.29 is 14.3 Å². The summed E-state index contributed by atoms with van der Waals surface area (Å²) in [6, 6.07) is 7.36. The summed E-state index contributed by atoms with van der Waals surface area (Å²) >= 11 is 3.52. The minimum Gasteiger partial charge on any atom is -0.383 e. The van der Waals surface area contributed by atoms with E-state index in [1.54, 1.807) is 13.3 Å². The summed E-state index contributed by atoms with van der Waals surface area (Å²) in [5.41, 5.74) is 1.45. The number of carbonyl (C=O) groups excluding carboxylic acids is 2. The Balaban J connectivity index is 1.37. The topological polar surface area (TPSA) is 112 Å². The number of halogens is 1. The lowest BCUT2D eigenvalue weighted by Crippen LogP contribution is -2.47. The van der Waals surface area contributed by atoms with Crippen LogP contribution in [-0.2, 0) is 9.53 Å². The number of anilines is 3. The van der Waals surface area contributed by atoms with Gasteiger partial charge in [0, 0.05) is 63.3 Å². The molecule has 2 heterocycles. The quantitative estimate of drug-likeness (QED) is 0.402. The van der Waals surface area contributed by atoms with Crippen LogP contribution in [0.4, 0.5) is 17.5 Å². The number of nitrogens with zero attached hydrogens (tertiary/aromatic N) is 4. The van der Waals surface area contributed by atoms with E-state index in [9.17, 15) is 9.59 Å². The first-order valence-electron chi connectivity index (χ1n) is 12.3. The summed E-state index contributed by atoms with van der Waals surface area (Å²) in [6.07, 6.45) is 4.40. The standard InChI is InChI=1S/C25H34BrN7O3/c1-32-11-13-33(14-12-32)24(35)17-6-8-18(9-7-17)29-25-28-16-20(26)22(31-25)30-21-5-3-4-19(21)23(34)27-10-15-36-2/h6-9,16,19,21H,3-5,10-15H2,1-2H3,(H,27,34)(H2,28,29,30,31)/t19-,21+/m0/s1. The van der Waals surface area contributed by atoms with Gasteiger partial charge in [-0.05, 0) is 60.1 Å². The molecule has 194 valence electrons. The van der Waals surface area contributed by atoms with Crippen LogP contribution in [0.15, 0.2) is 34.9 Å². The van der Waals surface area contributed by atoms with Gasteiger partial charge in [0.05, 0.1) is 17.0 Å². The number of ether oxygens (including phenoxy) is 1. The van der Waals surface area contributed by atoms with Gasteiger partial charge < -0.3 is 30.5 Å². The molecule has 1 aromatic carbocycles. The number of carbonyl (C=O) groups is 2. The van der Waals surface area contributed by atoms with Crippen molar-refractivity contribution in [1.29, 1.82) is 0 Å². The van der Waals surface area contributed by atoms with E-state index in [-0.39, 0.29) is 23.8 Å². The number of benzene rings is 1. The number of hydrogen-bond acceptors (Lipinski definition) is 8. The average molecular weight is 560 g/mol. The Morgan fingerprint density at radius 3 is 2.61 bits per heavy atom. The summed E-state index contributed by atoms with van der Waals surface area (Å²) in [7, 11) is 3.69. The first kappa shape index (κ1) is 26.3. The lowest BCUT2D eigenvalue weighted by atomic mass is 10.0. The first-order chi connectivity index (χ1) is 17.4. The molecule has 2 aromatic rings. The minimum atomic E-state index is -0.120. The van der Waals surface area contributed by atoms with Crippen molar-refractivity contribution in [2.24, 2.45) is 5.92 Å². The maximum absolute atomic E-state index is 12.8.